The van der Waals surface area contributed by atoms with Gasteiger partial charge in [0.05, 0.1) is 5.33 Å². The Morgan fingerprint density at radius 2 is 2.25 bits per heavy atom. The highest BCUT2D eigenvalue weighted by Crippen LogP contribution is 2.02. The molecule has 0 unspecified atom stereocenters. The lowest BCUT2D eigenvalue weighted by molar-refractivity contribution is 0.102. The first kappa shape index (κ1) is 9.45. The van der Waals surface area contributed by atoms with Crippen molar-refractivity contribution in [1.82, 2.24) is 0 Å². The summed E-state index contributed by atoms with van der Waals surface area (Å²) in [4.78, 5) is 11.1. The molecule has 12 heavy (non-hydrogen) atoms. The van der Waals surface area contributed by atoms with Crippen molar-refractivity contribution in [2.75, 3.05) is 5.33 Å². The van der Waals surface area contributed by atoms with E-state index in [0.717, 1.165) is 6.07 Å². The first-order valence-corrected chi connectivity index (χ1v) is 4.41. The molecule has 0 heterocycles. The minimum Gasteiger partial charge on any atom is -0.293 e. The van der Waals surface area contributed by atoms with E-state index < -0.39 is 5.82 Å². The average Bonchev–Trinajstić information content (AvgIpc) is 2.08. The largest absolute Gasteiger partial charge is 0.293 e. The number of rotatable bonds is 2. The number of ketones is 1. The van der Waals surface area contributed by atoms with Gasteiger partial charge in [0.25, 0.3) is 0 Å². The molecule has 0 spiro atoms. The van der Waals surface area contributed by atoms with Gasteiger partial charge in [-0.05, 0) is 12.1 Å². The molecule has 0 atom stereocenters. The molecular weight excluding hydrogens is 222 g/mol. The van der Waals surface area contributed by atoms with Gasteiger partial charge in [-0.25, -0.2) is 4.39 Å². The smallest absolute Gasteiger partial charge is 0.172 e. The highest BCUT2D eigenvalue weighted by Gasteiger charge is 2.07. The number of carbonyl (C=O) groups is 1. The second-order valence-electron chi connectivity index (χ2n) is 2.29. The fourth-order valence-corrected chi connectivity index (χ4v) is 1.14. The molecule has 1 nitrogen and oxygen atoms in total. The zero-order chi connectivity index (χ0) is 9.14. The standard InChI is InChI=1S/C8H5BBrFO/c9-7-2-1-5(11)3-6(7)8(12)4-10/h1-3H,4H2. The third-order valence-electron chi connectivity index (χ3n) is 1.44. The fraction of sp³-hybridized carbons (Fsp3) is 0.125. The number of benzene rings is 1. The van der Waals surface area contributed by atoms with Crippen LogP contribution in [0.2, 0.25) is 0 Å². The van der Waals surface area contributed by atoms with Crippen molar-refractivity contribution in [3.05, 3.63) is 29.6 Å². The third-order valence-corrected chi connectivity index (χ3v) is 1.95. The maximum atomic E-state index is 12.6. The van der Waals surface area contributed by atoms with E-state index in [4.69, 9.17) is 7.85 Å². The molecule has 0 saturated heterocycles. The van der Waals surface area contributed by atoms with Crippen molar-refractivity contribution in [3.63, 3.8) is 0 Å². The molecule has 60 valence electrons. The monoisotopic (exact) mass is 226 g/mol. The van der Waals surface area contributed by atoms with Crippen LogP contribution in [0.15, 0.2) is 18.2 Å². The third kappa shape index (κ3) is 1.94. The minimum atomic E-state index is -0.450. The van der Waals surface area contributed by atoms with E-state index in [-0.39, 0.29) is 16.7 Å². The van der Waals surface area contributed by atoms with Crippen LogP contribution in [0, 0.1) is 5.82 Å². The molecular formula is C8H5BBrFO. The molecule has 0 N–H and O–H groups in total. The van der Waals surface area contributed by atoms with E-state index >= 15 is 0 Å². The fourth-order valence-electron chi connectivity index (χ4n) is 0.842. The van der Waals surface area contributed by atoms with Crippen LogP contribution in [0.1, 0.15) is 10.4 Å². The van der Waals surface area contributed by atoms with Gasteiger partial charge >= 0.3 is 0 Å². The molecule has 0 aliphatic heterocycles. The Bertz CT molecular complexity index is 314. The topological polar surface area (TPSA) is 17.1 Å². The molecule has 0 fully saturated rings. The van der Waals surface area contributed by atoms with Gasteiger partial charge in [0.2, 0.25) is 0 Å². The molecule has 0 saturated carbocycles. The van der Waals surface area contributed by atoms with Crippen molar-refractivity contribution in [1.29, 1.82) is 0 Å². The second kappa shape index (κ2) is 3.85. The van der Waals surface area contributed by atoms with Crippen LogP contribution in [0.3, 0.4) is 0 Å². The summed E-state index contributed by atoms with van der Waals surface area (Å²) in [5, 5.41) is 0.153. The van der Waals surface area contributed by atoms with Crippen molar-refractivity contribution in [2.24, 2.45) is 0 Å². The average molecular weight is 227 g/mol. The molecule has 0 aliphatic rings. The number of carbonyl (C=O) groups excluding carboxylic acids is 1. The van der Waals surface area contributed by atoms with Crippen molar-refractivity contribution >= 4 is 35.0 Å². The van der Waals surface area contributed by atoms with Crippen LogP contribution >= 0.6 is 15.9 Å². The number of alkyl halides is 1. The van der Waals surface area contributed by atoms with Gasteiger partial charge < -0.3 is 0 Å². The van der Waals surface area contributed by atoms with Crippen molar-refractivity contribution in [2.45, 2.75) is 0 Å². The minimum absolute atomic E-state index is 0.153. The van der Waals surface area contributed by atoms with Crippen LogP contribution in [-0.2, 0) is 0 Å². The van der Waals surface area contributed by atoms with Crippen LogP contribution < -0.4 is 5.46 Å². The highest BCUT2D eigenvalue weighted by atomic mass is 79.9. The van der Waals surface area contributed by atoms with Gasteiger partial charge in [0, 0.05) is 5.56 Å². The molecule has 4 heteroatoms. The Kier molecular flexibility index (Phi) is 3.03. The summed E-state index contributed by atoms with van der Waals surface area (Å²) in [5.41, 5.74) is 0.535. The number of Topliss-reactive ketones (excluding diaryl/α,β-unsaturated/α-hetero) is 1. The first-order valence-electron chi connectivity index (χ1n) is 3.29. The predicted molar refractivity (Wildman–Crippen MR) is 49.9 cm³/mol. The Balaban J connectivity index is 3.13. The SMILES string of the molecule is [B]c1ccc(F)cc1C(=O)CBr. The Morgan fingerprint density at radius 1 is 1.58 bits per heavy atom. The van der Waals surface area contributed by atoms with Crippen molar-refractivity contribution in [3.8, 4) is 0 Å². The summed E-state index contributed by atoms with van der Waals surface area (Å²) in [5.74, 6) is -0.666. The van der Waals surface area contributed by atoms with Gasteiger partial charge in [-0.2, -0.15) is 0 Å². The van der Waals surface area contributed by atoms with Crippen LogP contribution in [-0.4, -0.2) is 19.0 Å². The lowest BCUT2D eigenvalue weighted by atomic mass is 9.89. The summed E-state index contributed by atoms with van der Waals surface area (Å²) in [7, 11) is 5.46. The normalized spacial score (nSPS) is 9.83. The summed E-state index contributed by atoms with van der Waals surface area (Å²) in [6.45, 7) is 0. The molecule has 1 aromatic rings. The number of halogens is 2. The summed E-state index contributed by atoms with van der Waals surface area (Å²) in [6, 6.07) is 3.74. The van der Waals surface area contributed by atoms with Gasteiger partial charge in [0.1, 0.15) is 13.7 Å². The summed E-state index contributed by atoms with van der Waals surface area (Å²) < 4.78 is 12.6. The predicted octanol–water partition coefficient (Wildman–Crippen LogP) is 1.20. The number of hydrogen-bond acceptors (Lipinski definition) is 1. The van der Waals surface area contributed by atoms with E-state index in [1.54, 1.807) is 0 Å². The van der Waals surface area contributed by atoms with Gasteiger partial charge in [-0.15, -0.1) is 0 Å². The van der Waals surface area contributed by atoms with E-state index in [1.165, 1.54) is 12.1 Å². The number of hydrogen-bond donors (Lipinski definition) is 0. The van der Waals surface area contributed by atoms with E-state index in [1.807, 2.05) is 0 Å². The molecule has 0 bridgehead atoms. The quantitative estimate of drug-likeness (QED) is 0.421. The van der Waals surface area contributed by atoms with Gasteiger partial charge in [-0.3, -0.25) is 4.79 Å². The Morgan fingerprint density at radius 3 is 2.83 bits per heavy atom. The maximum absolute atomic E-state index is 12.6. The molecule has 0 aliphatic carbocycles. The molecule has 1 aromatic carbocycles. The lowest BCUT2D eigenvalue weighted by Crippen LogP contribution is -2.16. The lowest BCUT2D eigenvalue weighted by Gasteiger charge is -2.01. The molecule has 0 aromatic heterocycles. The van der Waals surface area contributed by atoms with Gasteiger partial charge in [0.15, 0.2) is 5.78 Å². The molecule has 2 radical (unpaired) electrons. The van der Waals surface area contributed by atoms with Crippen LogP contribution in [0.4, 0.5) is 4.39 Å². The van der Waals surface area contributed by atoms with Crippen LogP contribution in [0.5, 0.6) is 0 Å². The first-order chi connectivity index (χ1) is 5.65. The zero-order valence-electron chi connectivity index (χ0n) is 6.18. The maximum Gasteiger partial charge on any atom is 0.172 e. The van der Waals surface area contributed by atoms with E-state index in [9.17, 15) is 9.18 Å². The Labute approximate surface area is 79.5 Å². The second-order valence-corrected chi connectivity index (χ2v) is 2.85. The van der Waals surface area contributed by atoms with Crippen molar-refractivity contribution < 1.29 is 9.18 Å². The molecule has 0 amide bonds. The van der Waals surface area contributed by atoms with Gasteiger partial charge in [-0.1, -0.05) is 27.5 Å². The van der Waals surface area contributed by atoms with E-state index in [0.29, 0.717) is 5.46 Å². The van der Waals surface area contributed by atoms with Crippen LogP contribution in [0.25, 0.3) is 0 Å². The zero-order valence-corrected chi connectivity index (χ0v) is 7.77. The summed E-state index contributed by atoms with van der Waals surface area (Å²) >= 11 is 2.98. The van der Waals surface area contributed by atoms with E-state index in [2.05, 4.69) is 15.9 Å². The molecule has 1 rings (SSSR count). The Hall–Kier alpha value is -0.635. The summed E-state index contributed by atoms with van der Waals surface area (Å²) in [6.07, 6.45) is 0. The highest BCUT2D eigenvalue weighted by molar-refractivity contribution is 9.09.